The van der Waals surface area contributed by atoms with Crippen LogP contribution < -0.4 is 4.90 Å². The number of rotatable bonds is 1. The molecule has 0 unspecified atom stereocenters. The summed E-state index contributed by atoms with van der Waals surface area (Å²) in [6.07, 6.45) is -0.0321. The highest BCUT2D eigenvalue weighted by Crippen LogP contribution is 2.23. The Morgan fingerprint density at radius 1 is 1.29 bits per heavy atom. The predicted octanol–water partition coefficient (Wildman–Crippen LogP) is 0.698. The summed E-state index contributed by atoms with van der Waals surface area (Å²) >= 11 is 0. The smallest absolute Gasteiger partial charge is 0.234 e. The number of Topliss-reactive ketones (excluding diaryl/α,β-unsaturated/α-hetero) is 1. The average Bonchev–Trinajstić information content (AvgIpc) is 2.45. The fourth-order valence-corrected chi connectivity index (χ4v) is 1.48. The Kier molecular flexibility index (Phi) is 1.96. The molecule has 1 fully saturated rings. The third-order valence-corrected chi connectivity index (χ3v) is 2.13. The molecule has 1 aromatic carbocycles. The molecule has 1 aliphatic rings. The Bertz CT molecular complexity index is 400. The van der Waals surface area contributed by atoms with Crippen LogP contribution in [0, 0.1) is 0 Å². The van der Waals surface area contributed by atoms with Gasteiger partial charge in [0.05, 0.1) is 13.0 Å². The molecule has 1 aromatic rings. The number of anilines is 1. The van der Waals surface area contributed by atoms with E-state index in [1.807, 2.05) is 0 Å². The summed E-state index contributed by atoms with van der Waals surface area (Å²) in [5.41, 5.74) is 0.570. The molecule has 1 heterocycles. The van der Waals surface area contributed by atoms with Gasteiger partial charge in [-0.25, -0.2) is 0 Å². The highest BCUT2D eigenvalue weighted by atomic mass is 16.3. The standard InChI is InChI=1S/C10H9NO3/c12-8-3-1-2-7(4-8)11-6-9(13)5-10(11)14/h1-4,12H,5-6H2. The number of hydrogen-bond donors (Lipinski definition) is 1. The number of aromatic hydroxyl groups is 1. The van der Waals surface area contributed by atoms with Gasteiger partial charge >= 0.3 is 0 Å². The van der Waals surface area contributed by atoms with Gasteiger partial charge < -0.3 is 10.0 Å². The highest BCUT2D eigenvalue weighted by Gasteiger charge is 2.28. The van der Waals surface area contributed by atoms with Crippen molar-refractivity contribution >= 4 is 17.4 Å². The van der Waals surface area contributed by atoms with Crippen LogP contribution in [-0.4, -0.2) is 23.3 Å². The maximum Gasteiger partial charge on any atom is 0.234 e. The van der Waals surface area contributed by atoms with Gasteiger partial charge in [0.2, 0.25) is 5.91 Å². The lowest BCUT2D eigenvalue weighted by molar-refractivity contribution is -0.121. The number of amides is 1. The predicted molar refractivity (Wildman–Crippen MR) is 50.1 cm³/mol. The average molecular weight is 191 g/mol. The molecule has 1 N–H and O–H groups in total. The van der Waals surface area contributed by atoms with Crippen molar-refractivity contribution < 1.29 is 14.7 Å². The van der Waals surface area contributed by atoms with Crippen molar-refractivity contribution in [2.45, 2.75) is 6.42 Å². The quantitative estimate of drug-likeness (QED) is 0.664. The van der Waals surface area contributed by atoms with Gasteiger partial charge in [0.15, 0.2) is 5.78 Å². The van der Waals surface area contributed by atoms with Crippen molar-refractivity contribution in [2.75, 3.05) is 11.4 Å². The summed E-state index contributed by atoms with van der Waals surface area (Å²) in [6, 6.07) is 6.32. The van der Waals surface area contributed by atoms with E-state index in [0.29, 0.717) is 5.69 Å². The lowest BCUT2D eigenvalue weighted by atomic mass is 10.3. The van der Waals surface area contributed by atoms with Crippen LogP contribution >= 0.6 is 0 Å². The van der Waals surface area contributed by atoms with E-state index in [4.69, 9.17) is 0 Å². The van der Waals surface area contributed by atoms with Crippen LogP contribution in [0.3, 0.4) is 0 Å². The van der Waals surface area contributed by atoms with E-state index in [9.17, 15) is 14.7 Å². The maximum absolute atomic E-state index is 11.3. The molecule has 1 aliphatic heterocycles. The molecule has 4 heteroatoms. The monoisotopic (exact) mass is 191 g/mol. The van der Waals surface area contributed by atoms with E-state index in [-0.39, 0.29) is 30.4 Å². The second-order valence-corrected chi connectivity index (χ2v) is 3.22. The van der Waals surface area contributed by atoms with E-state index >= 15 is 0 Å². The number of benzene rings is 1. The molecular weight excluding hydrogens is 182 g/mol. The van der Waals surface area contributed by atoms with Crippen LogP contribution in [0.1, 0.15) is 6.42 Å². The molecule has 0 spiro atoms. The highest BCUT2D eigenvalue weighted by molar-refractivity contribution is 6.15. The van der Waals surface area contributed by atoms with E-state index in [0.717, 1.165) is 0 Å². The maximum atomic E-state index is 11.3. The van der Waals surface area contributed by atoms with Crippen LogP contribution in [0.25, 0.3) is 0 Å². The van der Waals surface area contributed by atoms with Crippen LogP contribution in [0.5, 0.6) is 5.75 Å². The molecular formula is C10H9NO3. The van der Waals surface area contributed by atoms with Gasteiger partial charge in [0.25, 0.3) is 0 Å². The second-order valence-electron chi connectivity index (χ2n) is 3.22. The molecule has 0 saturated carbocycles. The summed E-state index contributed by atoms with van der Waals surface area (Å²) in [6.45, 7) is 0.113. The first-order valence-corrected chi connectivity index (χ1v) is 4.28. The normalized spacial score (nSPS) is 16.4. The SMILES string of the molecule is O=C1CC(=O)N(c2cccc(O)c2)C1. The zero-order valence-electron chi connectivity index (χ0n) is 7.43. The van der Waals surface area contributed by atoms with Crippen LogP contribution in [0.4, 0.5) is 5.69 Å². The first-order valence-electron chi connectivity index (χ1n) is 4.28. The number of carbonyl (C=O) groups excluding carboxylic acids is 2. The van der Waals surface area contributed by atoms with Crippen LogP contribution in [0.15, 0.2) is 24.3 Å². The number of carbonyl (C=O) groups is 2. The van der Waals surface area contributed by atoms with Crippen molar-refractivity contribution in [3.05, 3.63) is 24.3 Å². The van der Waals surface area contributed by atoms with Crippen molar-refractivity contribution in [1.29, 1.82) is 0 Å². The number of hydrogen-bond acceptors (Lipinski definition) is 3. The molecule has 0 atom stereocenters. The first kappa shape index (κ1) is 8.74. The van der Waals surface area contributed by atoms with Crippen molar-refractivity contribution in [3.63, 3.8) is 0 Å². The van der Waals surface area contributed by atoms with Gasteiger partial charge in [-0.3, -0.25) is 9.59 Å². The Hall–Kier alpha value is -1.84. The van der Waals surface area contributed by atoms with Gasteiger partial charge in [0, 0.05) is 11.8 Å². The molecule has 72 valence electrons. The third-order valence-electron chi connectivity index (χ3n) is 2.13. The Morgan fingerprint density at radius 2 is 2.07 bits per heavy atom. The Morgan fingerprint density at radius 3 is 2.64 bits per heavy atom. The summed E-state index contributed by atoms with van der Waals surface area (Å²) in [5.74, 6) is -0.200. The lowest BCUT2D eigenvalue weighted by Crippen LogP contribution is -2.24. The summed E-state index contributed by atoms with van der Waals surface area (Å²) in [5, 5.41) is 9.20. The molecule has 1 saturated heterocycles. The van der Waals surface area contributed by atoms with Crippen molar-refractivity contribution in [1.82, 2.24) is 0 Å². The molecule has 0 aliphatic carbocycles. The molecule has 1 amide bonds. The molecule has 0 bridgehead atoms. The van der Waals surface area contributed by atoms with Gasteiger partial charge in [-0.1, -0.05) is 6.07 Å². The largest absolute Gasteiger partial charge is 0.508 e. The van der Waals surface area contributed by atoms with Crippen molar-refractivity contribution in [3.8, 4) is 5.75 Å². The van der Waals surface area contributed by atoms with E-state index in [2.05, 4.69) is 0 Å². The zero-order chi connectivity index (χ0) is 10.1. The minimum atomic E-state index is -0.208. The summed E-state index contributed by atoms with van der Waals surface area (Å²) < 4.78 is 0. The lowest BCUT2D eigenvalue weighted by Gasteiger charge is -2.14. The van der Waals surface area contributed by atoms with Gasteiger partial charge in [-0.15, -0.1) is 0 Å². The minimum Gasteiger partial charge on any atom is -0.508 e. The van der Waals surface area contributed by atoms with Gasteiger partial charge in [0.1, 0.15) is 5.75 Å². The second kappa shape index (κ2) is 3.14. The van der Waals surface area contributed by atoms with E-state index in [1.165, 1.54) is 17.0 Å². The molecule has 4 nitrogen and oxygen atoms in total. The van der Waals surface area contributed by atoms with Gasteiger partial charge in [-0.05, 0) is 12.1 Å². The number of ketones is 1. The Balaban J connectivity index is 2.31. The fraction of sp³-hybridized carbons (Fsp3) is 0.200. The van der Waals surface area contributed by atoms with E-state index < -0.39 is 0 Å². The Labute approximate surface area is 80.8 Å². The van der Waals surface area contributed by atoms with Crippen LogP contribution in [0.2, 0.25) is 0 Å². The summed E-state index contributed by atoms with van der Waals surface area (Å²) in [4.78, 5) is 23.7. The topological polar surface area (TPSA) is 57.6 Å². The number of nitrogens with zero attached hydrogens (tertiary/aromatic N) is 1. The molecule has 14 heavy (non-hydrogen) atoms. The first-order chi connectivity index (χ1) is 6.66. The fourth-order valence-electron chi connectivity index (χ4n) is 1.48. The number of phenols is 1. The third kappa shape index (κ3) is 1.46. The summed E-state index contributed by atoms with van der Waals surface area (Å²) in [7, 11) is 0. The van der Waals surface area contributed by atoms with Crippen molar-refractivity contribution in [2.24, 2.45) is 0 Å². The minimum absolute atomic E-state index is 0.0321. The number of phenolic OH excluding ortho intramolecular Hbond substituents is 1. The van der Waals surface area contributed by atoms with E-state index in [1.54, 1.807) is 12.1 Å². The van der Waals surface area contributed by atoms with Crippen LogP contribution in [-0.2, 0) is 9.59 Å². The molecule has 0 radical (unpaired) electrons. The van der Waals surface area contributed by atoms with Gasteiger partial charge in [-0.2, -0.15) is 0 Å². The molecule has 2 rings (SSSR count). The zero-order valence-corrected chi connectivity index (χ0v) is 7.43. The molecule has 0 aromatic heterocycles.